The minimum atomic E-state index is -1.08. The van der Waals surface area contributed by atoms with E-state index in [1.54, 1.807) is 0 Å². The zero-order valence-corrected chi connectivity index (χ0v) is 5.02. The average Bonchev–Trinajstić information content (AvgIpc) is 1.87. The molecular weight excluding hydrogens is 100 g/mol. The summed E-state index contributed by atoms with van der Waals surface area (Å²) in [6.07, 6.45) is 6.85. The lowest BCUT2D eigenvalue weighted by atomic mass is 10.0. The summed E-state index contributed by atoms with van der Waals surface area (Å²) < 4.78 is 0. The van der Waals surface area contributed by atoms with E-state index in [4.69, 9.17) is 11.5 Å². The molecule has 0 radical (unpaired) electrons. The smallest absolute Gasteiger partial charge is 0.143 e. The van der Waals surface area contributed by atoms with Crippen LogP contribution in [-0.4, -0.2) is 10.7 Å². The van der Waals surface area contributed by atoms with E-state index in [0.29, 0.717) is 6.42 Å². The fraction of sp³-hybridized carbons (Fsp3) is 0.429. The van der Waals surface area contributed by atoms with Crippen LogP contribution in [0, 0.1) is 12.3 Å². The highest BCUT2D eigenvalue weighted by molar-refractivity contribution is 5.15. The Morgan fingerprint density at radius 2 is 2.50 bits per heavy atom. The third-order valence-electron chi connectivity index (χ3n) is 1.13. The highest BCUT2D eigenvalue weighted by Gasteiger charge is 2.14. The number of aliphatic hydroxyl groups is 1. The van der Waals surface area contributed by atoms with Crippen LogP contribution in [0.1, 0.15) is 13.3 Å². The van der Waals surface area contributed by atoms with Crippen molar-refractivity contribution in [1.82, 2.24) is 0 Å². The molecule has 8 heavy (non-hydrogen) atoms. The Morgan fingerprint density at radius 1 is 2.00 bits per heavy atom. The summed E-state index contributed by atoms with van der Waals surface area (Å²) in [6, 6.07) is 0. The summed E-state index contributed by atoms with van der Waals surface area (Å²) in [5.41, 5.74) is -1.08. The minimum absolute atomic E-state index is 0.521. The molecule has 0 rings (SSSR count). The van der Waals surface area contributed by atoms with Gasteiger partial charge in [0.1, 0.15) is 5.60 Å². The van der Waals surface area contributed by atoms with Crippen molar-refractivity contribution in [1.29, 1.82) is 0 Å². The van der Waals surface area contributed by atoms with Crippen LogP contribution in [0.3, 0.4) is 0 Å². The SMILES string of the molecule is C#CC(O)(C=C)CC. The van der Waals surface area contributed by atoms with Crippen LogP contribution >= 0.6 is 0 Å². The molecule has 0 fully saturated rings. The fourth-order valence-corrected chi connectivity index (χ4v) is 0.305. The lowest BCUT2D eigenvalue weighted by Crippen LogP contribution is -2.20. The van der Waals surface area contributed by atoms with Crippen LogP contribution in [-0.2, 0) is 0 Å². The molecular formula is C7H10O. The summed E-state index contributed by atoms with van der Waals surface area (Å²) in [7, 11) is 0. The van der Waals surface area contributed by atoms with Crippen LogP contribution in [0.4, 0.5) is 0 Å². The van der Waals surface area contributed by atoms with Gasteiger partial charge >= 0.3 is 0 Å². The molecule has 0 aliphatic heterocycles. The molecule has 0 spiro atoms. The van der Waals surface area contributed by atoms with Crippen LogP contribution in [0.5, 0.6) is 0 Å². The molecule has 0 aliphatic carbocycles. The highest BCUT2D eigenvalue weighted by Crippen LogP contribution is 2.07. The van der Waals surface area contributed by atoms with Crippen molar-refractivity contribution in [2.45, 2.75) is 18.9 Å². The standard InChI is InChI=1S/C7H10O/c1-4-7(8,5-2)6-3/h1,5,8H,2,6H2,3H3. The second kappa shape index (κ2) is 2.54. The van der Waals surface area contributed by atoms with E-state index in [1.807, 2.05) is 6.92 Å². The van der Waals surface area contributed by atoms with Gasteiger partial charge < -0.3 is 5.11 Å². The normalized spacial score (nSPS) is 16.1. The lowest BCUT2D eigenvalue weighted by Gasteiger charge is -2.12. The van der Waals surface area contributed by atoms with Crippen LogP contribution in [0.25, 0.3) is 0 Å². The Balaban J connectivity index is 4.03. The zero-order chi connectivity index (χ0) is 6.62. The van der Waals surface area contributed by atoms with Gasteiger partial charge in [0, 0.05) is 0 Å². The van der Waals surface area contributed by atoms with Crippen molar-refractivity contribution >= 4 is 0 Å². The first kappa shape index (κ1) is 7.26. The molecule has 0 aromatic carbocycles. The average molecular weight is 110 g/mol. The van der Waals surface area contributed by atoms with Gasteiger partial charge in [-0.1, -0.05) is 19.4 Å². The van der Waals surface area contributed by atoms with E-state index in [9.17, 15) is 0 Å². The van der Waals surface area contributed by atoms with E-state index < -0.39 is 5.60 Å². The molecule has 0 aromatic heterocycles. The third-order valence-corrected chi connectivity index (χ3v) is 1.13. The first-order valence-electron chi connectivity index (χ1n) is 2.52. The van der Waals surface area contributed by atoms with Crippen LogP contribution < -0.4 is 0 Å². The summed E-state index contributed by atoms with van der Waals surface area (Å²) in [6.45, 7) is 5.19. The first-order chi connectivity index (χ1) is 3.68. The molecule has 0 saturated heterocycles. The zero-order valence-electron chi connectivity index (χ0n) is 5.02. The molecule has 1 N–H and O–H groups in total. The largest absolute Gasteiger partial charge is 0.374 e. The number of hydrogen-bond donors (Lipinski definition) is 1. The Labute approximate surface area is 50.0 Å². The van der Waals surface area contributed by atoms with Crippen molar-refractivity contribution in [3.8, 4) is 12.3 Å². The van der Waals surface area contributed by atoms with E-state index in [-0.39, 0.29) is 0 Å². The number of rotatable bonds is 2. The predicted molar refractivity (Wildman–Crippen MR) is 34.3 cm³/mol. The summed E-state index contributed by atoms with van der Waals surface area (Å²) in [5.74, 6) is 2.22. The molecule has 0 amide bonds. The van der Waals surface area contributed by atoms with Crippen molar-refractivity contribution < 1.29 is 5.11 Å². The predicted octanol–water partition coefficient (Wildman–Crippen LogP) is 0.947. The second-order valence-corrected chi connectivity index (χ2v) is 1.63. The van der Waals surface area contributed by atoms with E-state index in [1.165, 1.54) is 6.08 Å². The minimum Gasteiger partial charge on any atom is -0.374 e. The first-order valence-corrected chi connectivity index (χ1v) is 2.52. The van der Waals surface area contributed by atoms with Gasteiger partial charge in [-0.25, -0.2) is 0 Å². The maximum Gasteiger partial charge on any atom is 0.143 e. The fourth-order valence-electron chi connectivity index (χ4n) is 0.305. The van der Waals surface area contributed by atoms with Crippen molar-refractivity contribution in [2.75, 3.05) is 0 Å². The van der Waals surface area contributed by atoms with Crippen LogP contribution in [0.15, 0.2) is 12.7 Å². The molecule has 0 heterocycles. The van der Waals surface area contributed by atoms with Gasteiger partial charge in [-0.2, -0.15) is 0 Å². The monoisotopic (exact) mass is 110 g/mol. The third kappa shape index (κ3) is 1.40. The van der Waals surface area contributed by atoms with Gasteiger partial charge in [0.05, 0.1) is 0 Å². The van der Waals surface area contributed by atoms with E-state index in [2.05, 4.69) is 12.5 Å². The van der Waals surface area contributed by atoms with Gasteiger partial charge in [-0.3, -0.25) is 0 Å². The van der Waals surface area contributed by atoms with Crippen LogP contribution in [0.2, 0.25) is 0 Å². The van der Waals surface area contributed by atoms with E-state index in [0.717, 1.165) is 0 Å². The van der Waals surface area contributed by atoms with E-state index >= 15 is 0 Å². The van der Waals surface area contributed by atoms with Gasteiger partial charge in [-0.05, 0) is 12.5 Å². The van der Waals surface area contributed by atoms with Gasteiger partial charge in [0.15, 0.2) is 0 Å². The molecule has 1 unspecified atom stereocenters. The summed E-state index contributed by atoms with van der Waals surface area (Å²) in [5, 5.41) is 9.08. The Bertz CT molecular complexity index is 121. The maximum absolute atomic E-state index is 9.08. The quantitative estimate of drug-likeness (QED) is 0.414. The Morgan fingerprint density at radius 3 is 2.50 bits per heavy atom. The van der Waals surface area contributed by atoms with Gasteiger partial charge in [0.2, 0.25) is 0 Å². The topological polar surface area (TPSA) is 20.2 Å². The molecule has 44 valence electrons. The summed E-state index contributed by atoms with van der Waals surface area (Å²) in [4.78, 5) is 0. The highest BCUT2D eigenvalue weighted by atomic mass is 16.3. The van der Waals surface area contributed by atoms with Crippen molar-refractivity contribution in [2.24, 2.45) is 0 Å². The molecule has 0 saturated carbocycles. The molecule has 0 aromatic rings. The summed E-state index contributed by atoms with van der Waals surface area (Å²) >= 11 is 0. The molecule has 1 atom stereocenters. The molecule has 0 bridgehead atoms. The van der Waals surface area contributed by atoms with Crippen molar-refractivity contribution in [3.05, 3.63) is 12.7 Å². The maximum atomic E-state index is 9.08. The molecule has 1 heteroatoms. The lowest BCUT2D eigenvalue weighted by molar-refractivity contribution is 0.149. The Hall–Kier alpha value is -0.740. The number of terminal acetylenes is 1. The number of hydrogen-bond acceptors (Lipinski definition) is 1. The molecule has 1 nitrogen and oxygen atoms in total. The van der Waals surface area contributed by atoms with Gasteiger partial charge in [0.25, 0.3) is 0 Å². The van der Waals surface area contributed by atoms with Gasteiger partial charge in [-0.15, -0.1) is 6.42 Å². The Kier molecular flexibility index (Phi) is 2.30. The van der Waals surface area contributed by atoms with Crippen molar-refractivity contribution in [3.63, 3.8) is 0 Å². The second-order valence-electron chi connectivity index (χ2n) is 1.63. The molecule has 0 aliphatic rings.